The SMILES string of the molecule is Cc1ccc2c(c1)c1cc3sc4ccccc4c3cc1n2-c1cc(-c2ccccc2)cc(-c2ccccc2)c1. The Morgan fingerprint density at radius 2 is 1.08 bits per heavy atom. The molecule has 2 heteroatoms. The molecule has 0 aliphatic carbocycles. The van der Waals surface area contributed by atoms with Gasteiger partial charge in [-0.3, -0.25) is 0 Å². The maximum atomic E-state index is 2.47. The number of thiophene rings is 1. The van der Waals surface area contributed by atoms with Gasteiger partial charge in [0.05, 0.1) is 11.0 Å². The molecule has 0 amide bonds. The molecule has 2 aromatic heterocycles. The first-order chi connectivity index (χ1) is 19.2. The maximum absolute atomic E-state index is 2.47. The Morgan fingerprint density at radius 1 is 0.436 bits per heavy atom. The number of nitrogens with zero attached hydrogens (tertiary/aromatic N) is 1. The molecule has 184 valence electrons. The lowest BCUT2D eigenvalue weighted by molar-refractivity contribution is 1.18. The Balaban J connectivity index is 1.50. The molecule has 1 nitrogen and oxygen atoms in total. The third-order valence-corrected chi connectivity index (χ3v) is 8.94. The maximum Gasteiger partial charge on any atom is 0.0548 e. The van der Waals surface area contributed by atoms with Crippen molar-refractivity contribution < 1.29 is 0 Å². The molecular weight excluding hydrogens is 490 g/mol. The van der Waals surface area contributed by atoms with E-state index >= 15 is 0 Å². The highest BCUT2D eigenvalue weighted by molar-refractivity contribution is 7.25. The van der Waals surface area contributed by atoms with Gasteiger partial charge in [0.25, 0.3) is 0 Å². The lowest BCUT2D eigenvalue weighted by Crippen LogP contribution is -1.96. The van der Waals surface area contributed by atoms with Crippen molar-refractivity contribution >= 4 is 53.3 Å². The van der Waals surface area contributed by atoms with Crippen molar-refractivity contribution in [1.29, 1.82) is 0 Å². The molecule has 0 bridgehead atoms. The number of benzene rings is 6. The molecule has 0 radical (unpaired) electrons. The van der Waals surface area contributed by atoms with E-state index in [2.05, 4.69) is 145 Å². The summed E-state index contributed by atoms with van der Waals surface area (Å²) in [5, 5.41) is 5.26. The smallest absolute Gasteiger partial charge is 0.0548 e. The van der Waals surface area contributed by atoms with Gasteiger partial charge >= 0.3 is 0 Å². The Hall–Kier alpha value is -4.66. The Kier molecular flexibility index (Phi) is 4.98. The van der Waals surface area contributed by atoms with Gasteiger partial charge in [0.15, 0.2) is 0 Å². The summed E-state index contributed by atoms with van der Waals surface area (Å²) in [6.07, 6.45) is 0. The third kappa shape index (κ3) is 3.60. The number of rotatable bonds is 3. The van der Waals surface area contributed by atoms with Crippen molar-refractivity contribution in [1.82, 2.24) is 4.57 Å². The first-order valence-electron chi connectivity index (χ1n) is 13.4. The highest BCUT2D eigenvalue weighted by Crippen LogP contribution is 2.41. The third-order valence-electron chi connectivity index (χ3n) is 7.81. The minimum atomic E-state index is 1.18. The molecule has 6 aromatic carbocycles. The Labute approximate surface area is 231 Å². The summed E-state index contributed by atoms with van der Waals surface area (Å²) >= 11 is 1.88. The Morgan fingerprint density at radius 3 is 1.79 bits per heavy atom. The van der Waals surface area contributed by atoms with E-state index < -0.39 is 0 Å². The average Bonchev–Trinajstić information content (AvgIpc) is 3.51. The summed E-state index contributed by atoms with van der Waals surface area (Å²) in [5.74, 6) is 0. The fraction of sp³-hybridized carbons (Fsp3) is 0.0270. The van der Waals surface area contributed by atoms with Gasteiger partial charge in [0, 0.05) is 36.6 Å². The van der Waals surface area contributed by atoms with Crippen molar-refractivity contribution in [2.75, 3.05) is 0 Å². The van der Waals surface area contributed by atoms with Crippen molar-refractivity contribution in [3.05, 3.63) is 139 Å². The summed E-state index contributed by atoms with van der Waals surface area (Å²) in [6, 6.07) is 48.9. The minimum Gasteiger partial charge on any atom is -0.309 e. The van der Waals surface area contributed by atoms with Crippen molar-refractivity contribution in [2.45, 2.75) is 6.92 Å². The predicted molar refractivity (Wildman–Crippen MR) is 169 cm³/mol. The van der Waals surface area contributed by atoms with Crippen LogP contribution in [0.5, 0.6) is 0 Å². The molecule has 0 N–H and O–H groups in total. The van der Waals surface area contributed by atoms with Gasteiger partial charge in [0.2, 0.25) is 0 Å². The lowest BCUT2D eigenvalue weighted by atomic mass is 9.98. The molecule has 0 atom stereocenters. The molecule has 39 heavy (non-hydrogen) atoms. The largest absolute Gasteiger partial charge is 0.309 e. The van der Waals surface area contributed by atoms with Crippen LogP contribution in [-0.2, 0) is 0 Å². The van der Waals surface area contributed by atoms with Crippen LogP contribution in [0.4, 0.5) is 0 Å². The number of aryl methyl sites for hydroxylation is 1. The monoisotopic (exact) mass is 515 g/mol. The number of hydrogen-bond donors (Lipinski definition) is 0. The normalized spacial score (nSPS) is 11.7. The molecule has 0 saturated carbocycles. The molecule has 2 heterocycles. The zero-order valence-electron chi connectivity index (χ0n) is 21.6. The van der Waals surface area contributed by atoms with Crippen LogP contribution >= 0.6 is 11.3 Å². The van der Waals surface area contributed by atoms with Crippen molar-refractivity contribution in [2.24, 2.45) is 0 Å². The highest BCUT2D eigenvalue weighted by atomic mass is 32.1. The lowest BCUT2D eigenvalue weighted by Gasteiger charge is -2.14. The van der Waals surface area contributed by atoms with Gasteiger partial charge in [-0.15, -0.1) is 11.3 Å². The second-order valence-corrected chi connectivity index (χ2v) is 11.4. The molecule has 8 aromatic rings. The predicted octanol–water partition coefficient (Wildman–Crippen LogP) is 10.8. The van der Waals surface area contributed by atoms with Crippen LogP contribution in [0.15, 0.2) is 133 Å². The van der Waals surface area contributed by atoms with E-state index in [1.165, 1.54) is 75.5 Å². The zero-order chi connectivity index (χ0) is 25.9. The topological polar surface area (TPSA) is 4.93 Å². The number of fused-ring (bicyclic) bond motifs is 6. The molecule has 8 rings (SSSR count). The van der Waals surface area contributed by atoms with E-state index in [0.29, 0.717) is 0 Å². The first-order valence-corrected chi connectivity index (χ1v) is 14.2. The second kappa shape index (κ2) is 8.69. The summed E-state index contributed by atoms with van der Waals surface area (Å²) < 4.78 is 5.14. The number of aromatic nitrogens is 1. The molecule has 0 fully saturated rings. The van der Waals surface area contributed by atoms with Crippen LogP contribution in [0.3, 0.4) is 0 Å². The molecule has 0 spiro atoms. The van der Waals surface area contributed by atoms with Crippen LogP contribution in [0, 0.1) is 6.92 Å². The highest BCUT2D eigenvalue weighted by Gasteiger charge is 2.17. The fourth-order valence-electron chi connectivity index (χ4n) is 5.96. The van der Waals surface area contributed by atoms with Gasteiger partial charge in [-0.25, -0.2) is 0 Å². The summed E-state index contributed by atoms with van der Waals surface area (Å²) in [6.45, 7) is 2.18. The van der Waals surface area contributed by atoms with Gasteiger partial charge in [-0.1, -0.05) is 90.5 Å². The van der Waals surface area contributed by atoms with Crippen molar-refractivity contribution in [3.8, 4) is 27.9 Å². The standard InChI is InChI=1S/C37H25NS/c1-24-16-17-34-31(18-24)32-23-37-33(30-14-8-9-15-36(30)39-37)22-35(32)38(34)29-20-27(25-10-4-2-5-11-25)19-28(21-29)26-12-6-3-7-13-26/h2-23H,1H3. The van der Waals surface area contributed by atoms with Crippen molar-refractivity contribution in [3.63, 3.8) is 0 Å². The van der Waals surface area contributed by atoms with E-state index in [1.807, 2.05) is 11.3 Å². The van der Waals surface area contributed by atoms with Crippen LogP contribution in [-0.4, -0.2) is 4.57 Å². The molecule has 0 saturated heterocycles. The van der Waals surface area contributed by atoms with E-state index in [1.54, 1.807) is 0 Å². The van der Waals surface area contributed by atoms with E-state index in [4.69, 9.17) is 0 Å². The van der Waals surface area contributed by atoms with E-state index in [9.17, 15) is 0 Å². The van der Waals surface area contributed by atoms with E-state index in [-0.39, 0.29) is 0 Å². The van der Waals surface area contributed by atoms with Crippen LogP contribution < -0.4 is 0 Å². The Bertz CT molecular complexity index is 2110. The van der Waals surface area contributed by atoms with Gasteiger partial charge in [-0.2, -0.15) is 0 Å². The van der Waals surface area contributed by atoms with Crippen LogP contribution in [0.25, 0.3) is 69.9 Å². The molecule has 0 unspecified atom stereocenters. The van der Waals surface area contributed by atoms with Crippen LogP contribution in [0.1, 0.15) is 5.56 Å². The van der Waals surface area contributed by atoms with Crippen LogP contribution in [0.2, 0.25) is 0 Å². The van der Waals surface area contributed by atoms with Gasteiger partial charge in [-0.05, 0) is 77.7 Å². The van der Waals surface area contributed by atoms with Gasteiger partial charge in [0.1, 0.15) is 0 Å². The second-order valence-electron chi connectivity index (χ2n) is 10.3. The number of hydrogen-bond acceptors (Lipinski definition) is 1. The molecule has 0 aliphatic heterocycles. The average molecular weight is 516 g/mol. The molecule has 0 aliphatic rings. The van der Waals surface area contributed by atoms with Gasteiger partial charge < -0.3 is 4.57 Å². The fourth-order valence-corrected chi connectivity index (χ4v) is 7.09. The molecular formula is C37H25NS. The minimum absolute atomic E-state index is 1.18. The summed E-state index contributed by atoms with van der Waals surface area (Å²) in [4.78, 5) is 0. The zero-order valence-corrected chi connectivity index (χ0v) is 22.4. The first kappa shape index (κ1) is 22.3. The quantitative estimate of drug-likeness (QED) is 0.220. The van der Waals surface area contributed by atoms with E-state index in [0.717, 1.165) is 0 Å². The summed E-state index contributed by atoms with van der Waals surface area (Å²) in [7, 11) is 0. The summed E-state index contributed by atoms with van der Waals surface area (Å²) in [5.41, 5.74) is 9.82.